The summed E-state index contributed by atoms with van der Waals surface area (Å²) in [5.41, 5.74) is 5.10. The number of hydrogen-bond donors (Lipinski definition) is 0. The van der Waals surface area contributed by atoms with Gasteiger partial charge in [-0.2, -0.15) is 5.10 Å². The van der Waals surface area contributed by atoms with Crippen LogP contribution in [0.15, 0.2) is 36.4 Å². The maximum atomic E-state index is 6.32. The fourth-order valence-electron chi connectivity index (χ4n) is 3.60. The van der Waals surface area contributed by atoms with Crippen LogP contribution in [-0.2, 0) is 19.4 Å². The summed E-state index contributed by atoms with van der Waals surface area (Å²) in [5, 5.41) is 5.98. The molecule has 3 aromatic rings. The molecule has 0 saturated carbocycles. The molecule has 4 rings (SSSR count). The summed E-state index contributed by atoms with van der Waals surface area (Å²) in [6, 6.07) is 13.1. The van der Waals surface area contributed by atoms with Crippen molar-refractivity contribution >= 4 is 22.5 Å². The van der Waals surface area contributed by atoms with Gasteiger partial charge in [-0.25, -0.2) is 0 Å². The largest absolute Gasteiger partial charge is 0.489 e. The van der Waals surface area contributed by atoms with Gasteiger partial charge in [0.25, 0.3) is 0 Å². The second-order valence-corrected chi connectivity index (χ2v) is 7.46. The van der Waals surface area contributed by atoms with E-state index < -0.39 is 0 Å². The molecule has 0 radical (unpaired) electrons. The topological polar surface area (TPSA) is 27.1 Å². The smallest absolute Gasteiger partial charge is 0.158 e. The molecule has 1 aliphatic rings. The van der Waals surface area contributed by atoms with E-state index in [1.54, 1.807) is 0 Å². The predicted molar refractivity (Wildman–Crippen MR) is 103 cm³/mol. The first-order valence-electron chi connectivity index (χ1n) is 9.03. The van der Waals surface area contributed by atoms with Gasteiger partial charge in [-0.1, -0.05) is 23.7 Å². The van der Waals surface area contributed by atoms with Crippen LogP contribution < -0.4 is 4.74 Å². The number of ether oxygens (including phenoxy) is 1. The van der Waals surface area contributed by atoms with Crippen molar-refractivity contribution in [3.63, 3.8) is 0 Å². The van der Waals surface area contributed by atoms with E-state index in [2.05, 4.69) is 55.3 Å². The molecular weight excluding hydrogens is 332 g/mol. The maximum absolute atomic E-state index is 6.32. The van der Waals surface area contributed by atoms with Crippen molar-refractivity contribution in [1.82, 2.24) is 9.78 Å². The summed E-state index contributed by atoms with van der Waals surface area (Å²) >= 11 is 6.32. The highest BCUT2D eigenvalue weighted by molar-refractivity contribution is 6.34. The van der Waals surface area contributed by atoms with E-state index in [4.69, 9.17) is 16.3 Å². The lowest BCUT2D eigenvalue weighted by Crippen LogP contribution is -2.03. The first kappa shape index (κ1) is 16.5. The fraction of sp³-hybridized carbons (Fsp3) is 0.381. The number of hydrogen-bond acceptors (Lipinski definition) is 2. The third-order valence-corrected chi connectivity index (χ3v) is 5.22. The molecule has 0 fully saturated rings. The van der Waals surface area contributed by atoms with Crippen LogP contribution in [0.1, 0.15) is 49.4 Å². The molecule has 0 N–H and O–H groups in total. The van der Waals surface area contributed by atoms with Crippen LogP contribution in [0.4, 0.5) is 0 Å². The normalized spacial score (nSPS) is 14.1. The first-order chi connectivity index (χ1) is 12.1. The van der Waals surface area contributed by atoms with Crippen LogP contribution in [0.25, 0.3) is 10.9 Å². The Kier molecular flexibility index (Phi) is 4.43. The van der Waals surface area contributed by atoms with Crippen LogP contribution in [0, 0.1) is 0 Å². The minimum absolute atomic E-state index is 0.285. The van der Waals surface area contributed by atoms with E-state index in [0.717, 1.165) is 22.2 Å². The Balaban J connectivity index is 1.54. The van der Waals surface area contributed by atoms with Crippen molar-refractivity contribution in [1.29, 1.82) is 0 Å². The van der Waals surface area contributed by atoms with E-state index in [9.17, 15) is 0 Å². The molecule has 0 atom stereocenters. The standard InChI is InChI=1S/C21H23ClN2O/c1-14(2)24-20-10-7-15(11-19(20)21(22)23-24)13-25-18-9-8-16-5-3-4-6-17(16)12-18/h7-12,14H,3-6,13H2,1-2H3. The zero-order valence-electron chi connectivity index (χ0n) is 14.8. The molecular formula is C21H23ClN2O. The molecule has 0 aliphatic heterocycles. The maximum Gasteiger partial charge on any atom is 0.158 e. The van der Waals surface area contributed by atoms with Gasteiger partial charge in [0.05, 0.1) is 5.52 Å². The summed E-state index contributed by atoms with van der Waals surface area (Å²) in [6.45, 7) is 4.75. The average molecular weight is 355 g/mol. The number of aryl methyl sites for hydroxylation is 2. The van der Waals surface area contributed by atoms with E-state index in [1.165, 1.54) is 36.8 Å². The average Bonchev–Trinajstić information content (AvgIpc) is 2.96. The lowest BCUT2D eigenvalue weighted by molar-refractivity contribution is 0.306. The molecule has 4 heteroatoms. The van der Waals surface area contributed by atoms with Crippen molar-refractivity contribution in [3.05, 3.63) is 58.2 Å². The van der Waals surface area contributed by atoms with E-state index in [-0.39, 0.29) is 6.04 Å². The number of aromatic nitrogens is 2. The quantitative estimate of drug-likeness (QED) is 0.598. The van der Waals surface area contributed by atoms with Gasteiger partial charge in [0.2, 0.25) is 0 Å². The van der Waals surface area contributed by atoms with Gasteiger partial charge in [-0.3, -0.25) is 4.68 Å². The lowest BCUT2D eigenvalue weighted by atomic mass is 9.92. The van der Waals surface area contributed by atoms with Gasteiger partial charge in [-0.15, -0.1) is 0 Å². The number of halogens is 1. The van der Waals surface area contributed by atoms with E-state index in [1.807, 2.05) is 4.68 Å². The molecule has 1 heterocycles. The third-order valence-electron chi connectivity index (χ3n) is 4.94. The van der Waals surface area contributed by atoms with Crippen LogP contribution >= 0.6 is 11.6 Å². The summed E-state index contributed by atoms with van der Waals surface area (Å²) in [5.74, 6) is 0.949. The summed E-state index contributed by atoms with van der Waals surface area (Å²) in [4.78, 5) is 0. The van der Waals surface area contributed by atoms with Gasteiger partial charge in [0.1, 0.15) is 12.4 Å². The molecule has 0 spiro atoms. The molecule has 25 heavy (non-hydrogen) atoms. The molecule has 2 aromatic carbocycles. The SMILES string of the molecule is CC(C)n1nc(Cl)c2cc(COc3ccc4c(c3)CCCC4)ccc21. The molecule has 0 bridgehead atoms. The Morgan fingerprint density at radius 3 is 2.68 bits per heavy atom. The van der Waals surface area contributed by atoms with Crippen LogP contribution in [0.5, 0.6) is 5.75 Å². The Bertz CT molecular complexity index is 914. The number of nitrogens with zero attached hydrogens (tertiary/aromatic N) is 2. The molecule has 3 nitrogen and oxygen atoms in total. The van der Waals surface area contributed by atoms with E-state index in [0.29, 0.717) is 11.8 Å². The zero-order valence-corrected chi connectivity index (χ0v) is 15.5. The number of rotatable bonds is 4. The van der Waals surface area contributed by atoms with Gasteiger partial charge < -0.3 is 4.74 Å². The van der Waals surface area contributed by atoms with Crippen LogP contribution in [0.2, 0.25) is 5.15 Å². The lowest BCUT2D eigenvalue weighted by Gasteiger charge is -2.17. The second-order valence-electron chi connectivity index (χ2n) is 7.11. The molecule has 0 unspecified atom stereocenters. The summed E-state index contributed by atoms with van der Waals surface area (Å²) < 4.78 is 7.99. The van der Waals surface area contributed by atoms with Crippen molar-refractivity contribution in [3.8, 4) is 5.75 Å². The highest BCUT2D eigenvalue weighted by Gasteiger charge is 2.13. The summed E-state index contributed by atoms with van der Waals surface area (Å²) in [7, 11) is 0. The van der Waals surface area contributed by atoms with Gasteiger partial charge >= 0.3 is 0 Å². The van der Waals surface area contributed by atoms with Gasteiger partial charge in [-0.05, 0) is 80.5 Å². The summed E-state index contributed by atoms with van der Waals surface area (Å²) in [6.07, 6.45) is 4.95. The molecule has 0 amide bonds. The highest BCUT2D eigenvalue weighted by Crippen LogP contribution is 2.28. The molecule has 1 aromatic heterocycles. The highest BCUT2D eigenvalue weighted by atomic mass is 35.5. The van der Waals surface area contributed by atoms with Crippen LogP contribution in [0.3, 0.4) is 0 Å². The zero-order chi connectivity index (χ0) is 17.4. The Hall–Kier alpha value is -2.00. The van der Waals surface area contributed by atoms with Gasteiger partial charge in [0, 0.05) is 11.4 Å². The van der Waals surface area contributed by atoms with Gasteiger partial charge in [0.15, 0.2) is 5.15 Å². The van der Waals surface area contributed by atoms with Crippen LogP contribution in [-0.4, -0.2) is 9.78 Å². The van der Waals surface area contributed by atoms with Crippen molar-refractivity contribution in [2.24, 2.45) is 0 Å². The molecule has 1 aliphatic carbocycles. The van der Waals surface area contributed by atoms with Crippen molar-refractivity contribution in [2.75, 3.05) is 0 Å². The molecule has 0 saturated heterocycles. The predicted octanol–water partition coefficient (Wildman–Crippen LogP) is 5.73. The van der Waals surface area contributed by atoms with Crippen molar-refractivity contribution < 1.29 is 4.74 Å². The fourth-order valence-corrected chi connectivity index (χ4v) is 3.83. The third kappa shape index (κ3) is 3.25. The molecule has 130 valence electrons. The Morgan fingerprint density at radius 1 is 1.08 bits per heavy atom. The minimum atomic E-state index is 0.285. The Labute approximate surface area is 153 Å². The monoisotopic (exact) mass is 354 g/mol. The second kappa shape index (κ2) is 6.72. The van der Waals surface area contributed by atoms with Crippen molar-refractivity contribution in [2.45, 2.75) is 52.2 Å². The minimum Gasteiger partial charge on any atom is -0.489 e. The Morgan fingerprint density at radius 2 is 1.88 bits per heavy atom. The number of fused-ring (bicyclic) bond motifs is 2. The first-order valence-corrected chi connectivity index (χ1v) is 9.41. The number of benzene rings is 2. The van der Waals surface area contributed by atoms with E-state index >= 15 is 0 Å².